The van der Waals surface area contributed by atoms with Crippen molar-refractivity contribution in [2.24, 2.45) is 0 Å². The van der Waals surface area contributed by atoms with Gasteiger partial charge in [-0.25, -0.2) is 4.98 Å². The summed E-state index contributed by atoms with van der Waals surface area (Å²) < 4.78 is 1.21. The summed E-state index contributed by atoms with van der Waals surface area (Å²) in [7, 11) is 0. The van der Waals surface area contributed by atoms with E-state index in [2.05, 4.69) is 37.4 Å². The molecular weight excluding hydrogens is 354 g/mol. The van der Waals surface area contributed by atoms with Gasteiger partial charge in [-0.15, -0.1) is 11.3 Å². The van der Waals surface area contributed by atoms with E-state index in [1.54, 1.807) is 11.3 Å². The molecule has 2 N–H and O–H groups in total. The minimum Gasteiger partial charge on any atom is -0.325 e. The van der Waals surface area contributed by atoms with Crippen LogP contribution >= 0.6 is 11.3 Å². The van der Waals surface area contributed by atoms with E-state index in [0.29, 0.717) is 12.6 Å². The molecule has 2 atom stereocenters. The Bertz CT molecular complexity index is 948. The summed E-state index contributed by atoms with van der Waals surface area (Å²) in [5.74, 6) is 0.0990. The van der Waals surface area contributed by atoms with Crippen molar-refractivity contribution in [2.75, 3.05) is 18.4 Å². The standard InChI is InChI=1S/C22H25N3OS/c1-15-6-11-19-20(13-15)27-22(24-19)17-7-9-18(10-8-17)23-21(26)14-25-12-4-3-5-16(25)2/h6-11,13,16H,3-5,12,14H2,1-2H3,(H,23,26)/p+1/t16-/m1/s1. The van der Waals surface area contributed by atoms with Gasteiger partial charge in [-0.2, -0.15) is 0 Å². The number of anilines is 1. The number of fused-ring (bicyclic) bond motifs is 1. The number of carbonyl (C=O) groups excluding carboxylic acids is 1. The number of aromatic nitrogens is 1. The number of amides is 1. The van der Waals surface area contributed by atoms with Crippen LogP contribution in [0.25, 0.3) is 20.8 Å². The quantitative estimate of drug-likeness (QED) is 0.725. The van der Waals surface area contributed by atoms with Crippen LogP contribution in [0.1, 0.15) is 31.7 Å². The molecule has 0 spiro atoms. The number of nitrogens with zero attached hydrogens (tertiary/aromatic N) is 1. The predicted octanol–water partition coefficient (Wildman–Crippen LogP) is 3.67. The van der Waals surface area contributed by atoms with Crippen LogP contribution in [0.15, 0.2) is 42.5 Å². The summed E-state index contributed by atoms with van der Waals surface area (Å²) >= 11 is 1.71. The van der Waals surface area contributed by atoms with Crippen molar-refractivity contribution in [3.05, 3.63) is 48.0 Å². The van der Waals surface area contributed by atoms with Crippen LogP contribution in [0.4, 0.5) is 5.69 Å². The van der Waals surface area contributed by atoms with Crippen molar-refractivity contribution in [3.8, 4) is 10.6 Å². The third kappa shape index (κ3) is 4.20. The molecule has 1 aliphatic rings. The zero-order valence-electron chi connectivity index (χ0n) is 15.9. The number of benzene rings is 2. The van der Waals surface area contributed by atoms with Crippen LogP contribution in [-0.2, 0) is 4.79 Å². The lowest BCUT2D eigenvalue weighted by Crippen LogP contribution is -3.17. The molecule has 5 heteroatoms. The number of quaternary nitrogens is 1. The molecule has 0 bridgehead atoms. The first-order valence-electron chi connectivity index (χ1n) is 9.70. The molecule has 0 radical (unpaired) electrons. The fourth-order valence-electron chi connectivity index (χ4n) is 3.78. The van der Waals surface area contributed by atoms with Gasteiger partial charge in [0.1, 0.15) is 5.01 Å². The van der Waals surface area contributed by atoms with Gasteiger partial charge in [0.25, 0.3) is 5.91 Å². The highest BCUT2D eigenvalue weighted by Gasteiger charge is 2.24. The molecule has 1 saturated heterocycles. The Labute approximate surface area is 164 Å². The SMILES string of the molecule is Cc1ccc2nc(-c3ccc(NC(=O)C[NH+]4CCCC[C@H]4C)cc3)sc2c1. The molecule has 1 aliphatic heterocycles. The molecule has 1 unspecified atom stereocenters. The van der Waals surface area contributed by atoms with E-state index in [0.717, 1.165) is 28.3 Å². The molecule has 1 amide bonds. The maximum Gasteiger partial charge on any atom is 0.279 e. The summed E-state index contributed by atoms with van der Waals surface area (Å²) in [4.78, 5) is 18.5. The minimum atomic E-state index is 0.0990. The Morgan fingerprint density at radius 1 is 1.22 bits per heavy atom. The van der Waals surface area contributed by atoms with Gasteiger partial charge in [-0.05, 0) is 75.1 Å². The molecule has 4 nitrogen and oxygen atoms in total. The molecule has 2 aromatic carbocycles. The number of hydrogen-bond acceptors (Lipinski definition) is 3. The van der Waals surface area contributed by atoms with Crippen molar-refractivity contribution >= 4 is 33.1 Å². The molecule has 27 heavy (non-hydrogen) atoms. The minimum absolute atomic E-state index is 0.0990. The molecule has 4 rings (SSSR count). The van der Waals surface area contributed by atoms with Gasteiger partial charge in [0, 0.05) is 11.3 Å². The lowest BCUT2D eigenvalue weighted by Gasteiger charge is -2.29. The van der Waals surface area contributed by atoms with Crippen LogP contribution in [-0.4, -0.2) is 30.0 Å². The lowest BCUT2D eigenvalue weighted by atomic mass is 10.0. The summed E-state index contributed by atoms with van der Waals surface area (Å²) in [5, 5.41) is 4.06. The molecule has 2 heterocycles. The molecule has 0 saturated carbocycles. The first-order chi connectivity index (χ1) is 13.1. The van der Waals surface area contributed by atoms with E-state index in [1.165, 1.54) is 34.4 Å². The second-order valence-electron chi connectivity index (χ2n) is 7.60. The second-order valence-corrected chi connectivity index (χ2v) is 8.63. The third-order valence-corrected chi connectivity index (χ3v) is 6.50. The first-order valence-corrected chi connectivity index (χ1v) is 10.5. The fourth-order valence-corrected chi connectivity index (χ4v) is 4.85. The molecule has 1 aromatic heterocycles. The van der Waals surface area contributed by atoms with Crippen molar-refractivity contribution in [1.82, 2.24) is 4.98 Å². The van der Waals surface area contributed by atoms with E-state index in [1.807, 2.05) is 24.3 Å². The van der Waals surface area contributed by atoms with Gasteiger partial charge >= 0.3 is 0 Å². The average Bonchev–Trinajstić information content (AvgIpc) is 3.07. The number of likely N-dealkylation sites (tertiary alicyclic amines) is 1. The fraction of sp³-hybridized carbons (Fsp3) is 0.364. The largest absolute Gasteiger partial charge is 0.325 e. The molecule has 140 valence electrons. The number of aryl methyl sites for hydroxylation is 1. The highest BCUT2D eigenvalue weighted by Crippen LogP contribution is 2.31. The topological polar surface area (TPSA) is 46.4 Å². The highest BCUT2D eigenvalue weighted by molar-refractivity contribution is 7.21. The predicted molar refractivity (Wildman–Crippen MR) is 112 cm³/mol. The van der Waals surface area contributed by atoms with Gasteiger partial charge in [0.2, 0.25) is 0 Å². The summed E-state index contributed by atoms with van der Waals surface area (Å²) in [6.45, 7) is 6.00. The molecule has 3 aromatic rings. The smallest absolute Gasteiger partial charge is 0.279 e. The monoisotopic (exact) mass is 380 g/mol. The summed E-state index contributed by atoms with van der Waals surface area (Å²) in [6.07, 6.45) is 3.74. The average molecular weight is 381 g/mol. The van der Waals surface area contributed by atoms with Gasteiger partial charge in [0.05, 0.1) is 22.8 Å². The first kappa shape index (κ1) is 18.1. The Balaban J connectivity index is 1.42. The van der Waals surface area contributed by atoms with Gasteiger partial charge in [-0.1, -0.05) is 6.07 Å². The highest BCUT2D eigenvalue weighted by atomic mass is 32.1. The number of thiazole rings is 1. The van der Waals surface area contributed by atoms with Crippen LogP contribution < -0.4 is 10.2 Å². The summed E-state index contributed by atoms with van der Waals surface area (Å²) in [5.41, 5.74) is 4.23. The van der Waals surface area contributed by atoms with E-state index >= 15 is 0 Å². The van der Waals surface area contributed by atoms with Crippen LogP contribution in [0, 0.1) is 6.92 Å². The maximum absolute atomic E-state index is 12.4. The maximum atomic E-state index is 12.4. The van der Waals surface area contributed by atoms with Crippen LogP contribution in [0.3, 0.4) is 0 Å². The van der Waals surface area contributed by atoms with E-state index in [9.17, 15) is 4.79 Å². The Kier molecular flexibility index (Phi) is 5.23. The van der Waals surface area contributed by atoms with Crippen LogP contribution in [0.5, 0.6) is 0 Å². The van der Waals surface area contributed by atoms with E-state index < -0.39 is 0 Å². The van der Waals surface area contributed by atoms with Gasteiger partial charge in [0.15, 0.2) is 6.54 Å². The number of piperidine rings is 1. The number of nitrogens with one attached hydrogen (secondary N) is 2. The molecular formula is C22H26N3OS+. The lowest BCUT2D eigenvalue weighted by molar-refractivity contribution is -0.920. The normalized spacial score (nSPS) is 19.9. The van der Waals surface area contributed by atoms with E-state index in [4.69, 9.17) is 4.98 Å². The van der Waals surface area contributed by atoms with Crippen molar-refractivity contribution < 1.29 is 9.69 Å². The zero-order valence-corrected chi connectivity index (χ0v) is 16.7. The van der Waals surface area contributed by atoms with Crippen molar-refractivity contribution in [2.45, 2.75) is 39.2 Å². The Morgan fingerprint density at radius 3 is 2.81 bits per heavy atom. The number of carbonyl (C=O) groups is 1. The summed E-state index contributed by atoms with van der Waals surface area (Å²) in [6, 6.07) is 14.9. The Morgan fingerprint density at radius 2 is 2.04 bits per heavy atom. The number of hydrogen-bond donors (Lipinski definition) is 2. The molecule has 1 fully saturated rings. The third-order valence-electron chi connectivity index (χ3n) is 5.43. The van der Waals surface area contributed by atoms with Crippen molar-refractivity contribution in [3.63, 3.8) is 0 Å². The molecule has 0 aliphatic carbocycles. The van der Waals surface area contributed by atoms with Gasteiger partial charge < -0.3 is 10.2 Å². The van der Waals surface area contributed by atoms with Crippen LogP contribution in [0.2, 0.25) is 0 Å². The van der Waals surface area contributed by atoms with Crippen molar-refractivity contribution in [1.29, 1.82) is 0 Å². The second kappa shape index (κ2) is 7.79. The van der Waals surface area contributed by atoms with Gasteiger partial charge in [-0.3, -0.25) is 4.79 Å². The van der Waals surface area contributed by atoms with E-state index in [-0.39, 0.29) is 5.91 Å². The zero-order chi connectivity index (χ0) is 18.8. The Hall–Kier alpha value is -2.24. The number of rotatable bonds is 4.